The van der Waals surface area contributed by atoms with E-state index in [2.05, 4.69) is 5.32 Å². The molecule has 0 atom stereocenters. The molecule has 0 radical (unpaired) electrons. The number of anilines is 1. The van der Waals surface area contributed by atoms with Crippen molar-refractivity contribution in [1.82, 2.24) is 4.57 Å². The maximum atomic E-state index is 12.3. The fourth-order valence-electron chi connectivity index (χ4n) is 2.33. The number of aryl methyl sites for hydroxylation is 1. The molecule has 1 amide bonds. The lowest BCUT2D eigenvalue weighted by molar-refractivity contribution is 0.102. The van der Waals surface area contributed by atoms with E-state index in [4.69, 9.17) is 0 Å². The van der Waals surface area contributed by atoms with Crippen molar-refractivity contribution >= 4 is 22.5 Å². The molecule has 0 aliphatic heterocycles. The van der Waals surface area contributed by atoms with E-state index in [0.717, 1.165) is 10.9 Å². The van der Waals surface area contributed by atoms with E-state index in [1.807, 2.05) is 24.3 Å². The predicted octanol–water partition coefficient (Wildman–Crippen LogP) is 2.50. The number of para-hydroxylation sites is 1. The van der Waals surface area contributed by atoms with Crippen LogP contribution in [0, 0.1) is 0 Å². The first-order valence-electron chi connectivity index (χ1n) is 6.75. The molecule has 0 unspecified atom stereocenters. The Hall–Kier alpha value is -3.08. The molecule has 5 heteroatoms. The largest absolute Gasteiger partial charge is 0.508 e. The highest BCUT2D eigenvalue weighted by molar-refractivity contribution is 6.05. The van der Waals surface area contributed by atoms with Crippen molar-refractivity contribution in [2.75, 3.05) is 5.32 Å². The van der Waals surface area contributed by atoms with E-state index < -0.39 is 5.91 Å². The van der Waals surface area contributed by atoms with Crippen LogP contribution in [-0.2, 0) is 7.05 Å². The normalized spacial score (nSPS) is 10.6. The predicted molar refractivity (Wildman–Crippen MR) is 85.2 cm³/mol. The second-order valence-electron chi connectivity index (χ2n) is 4.98. The summed E-state index contributed by atoms with van der Waals surface area (Å²) in [4.78, 5) is 24.7. The third-order valence-electron chi connectivity index (χ3n) is 3.50. The number of nitrogens with zero attached hydrogens (tertiary/aromatic N) is 1. The summed E-state index contributed by atoms with van der Waals surface area (Å²) >= 11 is 0. The minimum Gasteiger partial charge on any atom is -0.508 e. The zero-order valence-electron chi connectivity index (χ0n) is 11.9. The van der Waals surface area contributed by atoms with Crippen LogP contribution in [0.1, 0.15) is 10.4 Å². The second-order valence-corrected chi connectivity index (χ2v) is 4.98. The molecule has 3 aromatic rings. The summed E-state index contributed by atoms with van der Waals surface area (Å²) in [5, 5.41) is 12.7. The zero-order valence-corrected chi connectivity index (χ0v) is 11.9. The quantitative estimate of drug-likeness (QED) is 0.713. The molecule has 2 N–H and O–H groups in total. The first-order valence-corrected chi connectivity index (χ1v) is 6.75. The Morgan fingerprint density at radius 3 is 2.50 bits per heavy atom. The Morgan fingerprint density at radius 2 is 1.77 bits per heavy atom. The number of phenolic OH excluding ortho intramolecular Hbond substituents is 1. The van der Waals surface area contributed by atoms with E-state index in [1.165, 1.54) is 16.7 Å². The maximum Gasteiger partial charge on any atom is 0.263 e. The number of aromatic nitrogens is 1. The van der Waals surface area contributed by atoms with Gasteiger partial charge >= 0.3 is 0 Å². The summed E-state index contributed by atoms with van der Waals surface area (Å²) in [6.45, 7) is 0. The smallest absolute Gasteiger partial charge is 0.263 e. The highest BCUT2D eigenvalue weighted by atomic mass is 16.3. The Balaban J connectivity index is 2.02. The van der Waals surface area contributed by atoms with Crippen molar-refractivity contribution in [3.05, 3.63) is 70.5 Å². The fraction of sp³-hybridized carbons (Fsp3) is 0.0588. The highest BCUT2D eigenvalue weighted by Gasteiger charge is 2.14. The van der Waals surface area contributed by atoms with Gasteiger partial charge in [-0.25, -0.2) is 0 Å². The van der Waals surface area contributed by atoms with Gasteiger partial charge in [0.05, 0.1) is 5.52 Å². The van der Waals surface area contributed by atoms with Gasteiger partial charge in [0.2, 0.25) is 0 Å². The Morgan fingerprint density at radius 1 is 1.09 bits per heavy atom. The second kappa shape index (κ2) is 5.37. The molecule has 0 saturated carbocycles. The monoisotopic (exact) mass is 294 g/mol. The van der Waals surface area contributed by atoms with Gasteiger partial charge in [0, 0.05) is 12.7 Å². The lowest BCUT2D eigenvalue weighted by Crippen LogP contribution is -2.27. The van der Waals surface area contributed by atoms with Crippen molar-refractivity contribution in [1.29, 1.82) is 0 Å². The van der Waals surface area contributed by atoms with Crippen molar-refractivity contribution in [3.8, 4) is 5.75 Å². The van der Waals surface area contributed by atoms with Crippen molar-refractivity contribution < 1.29 is 9.90 Å². The van der Waals surface area contributed by atoms with Gasteiger partial charge in [0.1, 0.15) is 11.3 Å². The Bertz CT molecular complexity index is 911. The van der Waals surface area contributed by atoms with Crippen LogP contribution in [0.15, 0.2) is 59.4 Å². The number of pyridine rings is 1. The molecule has 0 saturated heterocycles. The minimum atomic E-state index is -0.475. The Kier molecular flexibility index (Phi) is 3.39. The van der Waals surface area contributed by atoms with E-state index in [-0.39, 0.29) is 16.9 Å². The molecular weight excluding hydrogens is 280 g/mol. The van der Waals surface area contributed by atoms with Crippen LogP contribution >= 0.6 is 0 Å². The van der Waals surface area contributed by atoms with Crippen LogP contribution in [0.5, 0.6) is 5.75 Å². The third-order valence-corrected chi connectivity index (χ3v) is 3.50. The number of amides is 1. The molecule has 5 nitrogen and oxygen atoms in total. The van der Waals surface area contributed by atoms with Gasteiger partial charge in [0.25, 0.3) is 11.5 Å². The molecule has 22 heavy (non-hydrogen) atoms. The number of carbonyl (C=O) groups is 1. The first-order chi connectivity index (χ1) is 10.6. The molecule has 1 heterocycles. The van der Waals surface area contributed by atoms with E-state index in [9.17, 15) is 14.7 Å². The van der Waals surface area contributed by atoms with Gasteiger partial charge in [-0.15, -0.1) is 0 Å². The number of rotatable bonds is 2. The molecule has 110 valence electrons. The van der Waals surface area contributed by atoms with Crippen LogP contribution in [0.4, 0.5) is 5.69 Å². The molecule has 0 aliphatic carbocycles. The molecule has 0 bridgehead atoms. The molecule has 0 fully saturated rings. The fourth-order valence-corrected chi connectivity index (χ4v) is 2.33. The Labute approximate surface area is 126 Å². The summed E-state index contributed by atoms with van der Waals surface area (Å²) in [6, 6.07) is 15.0. The van der Waals surface area contributed by atoms with Crippen LogP contribution in [0.2, 0.25) is 0 Å². The summed E-state index contributed by atoms with van der Waals surface area (Å²) in [5.74, 6) is -0.364. The number of hydrogen-bond acceptors (Lipinski definition) is 3. The molecular formula is C17H14N2O3. The van der Waals surface area contributed by atoms with Gasteiger partial charge in [-0.3, -0.25) is 9.59 Å². The zero-order chi connectivity index (χ0) is 15.7. The SMILES string of the molecule is Cn1c(=O)c(C(=O)Nc2ccc(O)cc2)cc2ccccc21. The average molecular weight is 294 g/mol. The van der Waals surface area contributed by atoms with Crippen molar-refractivity contribution in [2.24, 2.45) is 7.05 Å². The number of fused-ring (bicyclic) bond motifs is 1. The van der Waals surface area contributed by atoms with Crippen LogP contribution in [-0.4, -0.2) is 15.6 Å². The molecule has 2 aromatic carbocycles. The lowest BCUT2D eigenvalue weighted by atomic mass is 10.1. The van der Waals surface area contributed by atoms with Gasteiger partial charge in [-0.05, 0) is 41.8 Å². The maximum absolute atomic E-state index is 12.3. The standard InChI is InChI=1S/C17H14N2O3/c1-19-15-5-3-2-4-11(15)10-14(17(19)22)16(21)18-12-6-8-13(20)9-7-12/h2-10,20H,1H3,(H,18,21). The average Bonchev–Trinajstić information content (AvgIpc) is 2.53. The molecule has 1 aromatic heterocycles. The van der Waals surface area contributed by atoms with Crippen molar-refractivity contribution in [3.63, 3.8) is 0 Å². The van der Waals surface area contributed by atoms with Crippen LogP contribution < -0.4 is 10.9 Å². The van der Waals surface area contributed by atoms with Gasteiger partial charge in [0.15, 0.2) is 0 Å². The number of phenols is 1. The number of benzene rings is 2. The van der Waals surface area contributed by atoms with Gasteiger partial charge < -0.3 is 15.0 Å². The van der Waals surface area contributed by atoms with Gasteiger partial charge in [-0.2, -0.15) is 0 Å². The van der Waals surface area contributed by atoms with Crippen molar-refractivity contribution in [2.45, 2.75) is 0 Å². The summed E-state index contributed by atoms with van der Waals surface area (Å²) in [6.07, 6.45) is 0. The summed E-state index contributed by atoms with van der Waals surface area (Å²) in [7, 11) is 1.64. The van der Waals surface area contributed by atoms with Crippen LogP contribution in [0.3, 0.4) is 0 Å². The van der Waals surface area contributed by atoms with E-state index >= 15 is 0 Å². The minimum absolute atomic E-state index is 0.0780. The third kappa shape index (κ3) is 2.44. The topological polar surface area (TPSA) is 71.3 Å². The molecule has 3 rings (SSSR count). The summed E-state index contributed by atoms with van der Waals surface area (Å²) in [5.41, 5.74) is 1.01. The van der Waals surface area contributed by atoms with Crippen LogP contribution in [0.25, 0.3) is 10.9 Å². The number of carbonyl (C=O) groups excluding carboxylic acids is 1. The lowest BCUT2D eigenvalue weighted by Gasteiger charge is -2.09. The first kappa shape index (κ1) is 13.9. The summed E-state index contributed by atoms with van der Waals surface area (Å²) < 4.78 is 1.46. The van der Waals surface area contributed by atoms with E-state index in [0.29, 0.717) is 5.69 Å². The highest BCUT2D eigenvalue weighted by Crippen LogP contribution is 2.16. The molecule has 0 spiro atoms. The number of hydrogen-bond donors (Lipinski definition) is 2. The van der Waals surface area contributed by atoms with E-state index in [1.54, 1.807) is 25.2 Å². The number of nitrogens with one attached hydrogen (secondary N) is 1. The van der Waals surface area contributed by atoms with Gasteiger partial charge in [-0.1, -0.05) is 18.2 Å². The molecule has 0 aliphatic rings. The number of aromatic hydroxyl groups is 1.